The van der Waals surface area contributed by atoms with E-state index in [1.54, 1.807) is 6.07 Å². The minimum absolute atomic E-state index is 0.195. The summed E-state index contributed by atoms with van der Waals surface area (Å²) in [5.41, 5.74) is 1.22. The summed E-state index contributed by atoms with van der Waals surface area (Å²) in [6.45, 7) is 0. The molecule has 2 aromatic heterocycles. The smallest absolute Gasteiger partial charge is 0.256 e. The second-order valence-corrected chi connectivity index (χ2v) is 5.75. The number of hydrogen-bond donors (Lipinski definition) is 1. The van der Waals surface area contributed by atoms with Gasteiger partial charge < -0.3 is 5.32 Å². The Labute approximate surface area is 153 Å². The van der Waals surface area contributed by atoms with E-state index in [4.69, 9.17) is 0 Å². The van der Waals surface area contributed by atoms with Crippen molar-refractivity contribution in [2.75, 3.05) is 5.32 Å². The fourth-order valence-corrected chi connectivity index (χ4v) is 2.68. The van der Waals surface area contributed by atoms with Gasteiger partial charge in [0.25, 0.3) is 5.91 Å². The Hall–Kier alpha value is -4.05. The Bertz CT molecular complexity index is 1190. The van der Waals surface area contributed by atoms with Crippen molar-refractivity contribution in [3.8, 4) is 11.9 Å². The molecule has 6 nitrogen and oxygen atoms in total. The summed E-state index contributed by atoms with van der Waals surface area (Å²) in [5, 5.41) is 17.2. The number of benzene rings is 2. The lowest BCUT2D eigenvalue weighted by atomic mass is 10.2. The number of halogens is 1. The van der Waals surface area contributed by atoms with Crippen LogP contribution >= 0.6 is 0 Å². The molecule has 4 aromatic rings. The summed E-state index contributed by atoms with van der Waals surface area (Å²) < 4.78 is 14.5. The average Bonchev–Trinajstić information content (AvgIpc) is 3.10. The lowest BCUT2D eigenvalue weighted by Crippen LogP contribution is -2.16. The first-order valence-corrected chi connectivity index (χ1v) is 8.07. The molecule has 0 fully saturated rings. The van der Waals surface area contributed by atoms with Crippen LogP contribution in [0.3, 0.4) is 0 Å². The third-order valence-electron chi connectivity index (χ3n) is 4.03. The number of nitrogens with zero attached hydrogens (tertiary/aromatic N) is 4. The average molecular weight is 357 g/mol. The molecule has 7 heteroatoms. The van der Waals surface area contributed by atoms with E-state index in [2.05, 4.69) is 15.4 Å². The normalized spacial score (nSPS) is 10.5. The highest BCUT2D eigenvalue weighted by molar-refractivity contribution is 6.04. The molecular formula is C20H12FN5O. The second kappa shape index (κ2) is 6.69. The van der Waals surface area contributed by atoms with Crippen molar-refractivity contribution in [2.24, 2.45) is 0 Å². The van der Waals surface area contributed by atoms with Crippen molar-refractivity contribution in [3.05, 3.63) is 83.8 Å². The molecule has 1 N–H and O–H groups in total. The maximum absolute atomic E-state index is 13.1. The Balaban J connectivity index is 1.74. The number of amides is 1. The van der Waals surface area contributed by atoms with E-state index in [-0.39, 0.29) is 16.9 Å². The molecule has 0 spiro atoms. The van der Waals surface area contributed by atoms with Crippen molar-refractivity contribution < 1.29 is 9.18 Å². The molecule has 2 aromatic carbocycles. The number of carbonyl (C=O) groups excluding carboxylic acids is 1. The van der Waals surface area contributed by atoms with Gasteiger partial charge in [0.1, 0.15) is 17.4 Å². The first-order chi connectivity index (χ1) is 13.2. The van der Waals surface area contributed by atoms with Crippen molar-refractivity contribution in [3.63, 3.8) is 0 Å². The Morgan fingerprint density at radius 1 is 1.07 bits per heavy atom. The van der Waals surface area contributed by atoms with Gasteiger partial charge in [-0.15, -0.1) is 0 Å². The number of hydrogen-bond acceptors (Lipinski definition) is 4. The first-order valence-electron chi connectivity index (χ1n) is 8.07. The Kier molecular flexibility index (Phi) is 4.07. The van der Waals surface area contributed by atoms with Crippen LogP contribution in [0.2, 0.25) is 0 Å². The number of anilines is 1. The van der Waals surface area contributed by atoms with E-state index in [0.29, 0.717) is 5.82 Å². The summed E-state index contributed by atoms with van der Waals surface area (Å²) in [4.78, 5) is 17.0. The van der Waals surface area contributed by atoms with Gasteiger partial charge in [0.05, 0.1) is 11.7 Å². The molecule has 27 heavy (non-hydrogen) atoms. The molecule has 4 rings (SSSR count). The first kappa shape index (κ1) is 16.4. The maximum atomic E-state index is 13.1. The van der Waals surface area contributed by atoms with Gasteiger partial charge in [-0.2, -0.15) is 15.0 Å². The zero-order chi connectivity index (χ0) is 18.8. The highest BCUT2D eigenvalue weighted by Gasteiger charge is 2.17. The van der Waals surface area contributed by atoms with Crippen LogP contribution in [0.25, 0.3) is 16.7 Å². The van der Waals surface area contributed by atoms with Crippen molar-refractivity contribution in [1.82, 2.24) is 14.8 Å². The fourth-order valence-electron chi connectivity index (χ4n) is 2.68. The van der Waals surface area contributed by atoms with E-state index >= 15 is 0 Å². The monoisotopic (exact) mass is 357 g/mol. The topological polar surface area (TPSA) is 83.6 Å². The van der Waals surface area contributed by atoms with Gasteiger partial charge in [-0.3, -0.25) is 4.79 Å². The van der Waals surface area contributed by atoms with Gasteiger partial charge in [0, 0.05) is 10.9 Å². The highest BCUT2D eigenvalue weighted by Crippen LogP contribution is 2.21. The van der Waals surface area contributed by atoms with Gasteiger partial charge in [-0.05, 0) is 42.5 Å². The largest absolute Gasteiger partial charge is 0.305 e. The van der Waals surface area contributed by atoms with E-state index in [1.807, 2.05) is 36.4 Å². The predicted molar refractivity (Wildman–Crippen MR) is 97.9 cm³/mol. The standard InChI is InChI=1S/C20H12FN5O/c21-16-8-5-14(6-9-16)20(27)25-19-15(11-22)12-23-26(19)18-10-7-13-3-1-2-4-17(13)24-18/h1-10,12H,(H,25,27). The minimum atomic E-state index is -0.478. The number of rotatable bonds is 3. The van der Waals surface area contributed by atoms with Crippen LogP contribution in [-0.4, -0.2) is 20.7 Å². The summed E-state index contributed by atoms with van der Waals surface area (Å²) in [6, 6.07) is 18.4. The van der Waals surface area contributed by atoms with Crippen molar-refractivity contribution >= 4 is 22.6 Å². The lowest BCUT2D eigenvalue weighted by Gasteiger charge is -2.10. The van der Waals surface area contributed by atoms with Crippen LogP contribution in [0.15, 0.2) is 66.9 Å². The number of fused-ring (bicyclic) bond motifs is 1. The molecule has 0 bridgehead atoms. The van der Waals surface area contributed by atoms with E-state index in [0.717, 1.165) is 10.9 Å². The summed E-state index contributed by atoms with van der Waals surface area (Å²) in [6.07, 6.45) is 1.36. The van der Waals surface area contributed by atoms with Crippen LogP contribution in [0.4, 0.5) is 10.2 Å². The number of pyridine rings is 1. The van der Waals surface area contributed by atoms with Gasteiger partial charge in [-0.25, -0.2) is 9.37 Å². The fraction of sp³-hybridized carbons (Fsp3) is 0. The third kappa shape index (κ3) is 3.12. The van der Waals surface area contributed by atoms with E-state index in [1.165, 1.54) is 35.1 Å². The minimum Gasteiger partial charge on any atom is -0.305 e. The van der Waals surface area contributed by atoms with Crippen LogP contribution in [0.1, 0.15) is 15.9 Å². The van der Waals surface area contributed by atoms with Crippen LogP contribution in [0.5, 0.6) is 0 Å². The quantitative estimate of drug-likeness (QED) is 0.606. The molecule has 0 saturated carbocycles. The molecule has 0 radical (unpaired) electrons. The lowest BCUT2D eigenvalue weighted by molar-refractivity contribution is 0.102. The van der Waals surface area contributed by atoms with Gasteiger partial charge >= 0.3 is 0 Å². The molecule has 0 unspecified atom stereocenters. The molecular weight excluding hydrogens is 345 g/mol. The number of nitriles is 1. The number of nitrogens with one attached hydrogen (secondary N) is 1. The van der Waals surface area contributed by atoms with Crippen LogP contribution < -0.4 is 5.32 Å². The second-order valence-electron chi connectivity index (χ2n) is 5.75. The molecule has 0 saturated heterocycles. The summed E-state index contributed by atoms with van der Waals surface area (Å²) in [7, 11) is 0. The molecule has 0 atom stereocenters. The number of para-hydroxylation sites is 1. The predicted octanol–water partition coefficient (Wildman–Crippen LogP) is 3.68. The Morgan fingerprint density at radius 2 is 1.85 bits per heavy atom. The summed E-state index contributed by atoms with van der Waals surface area (Å²) >= 11 is 0. The molecule has 0 aliphatic carbocycles. The zero-order valence-corrected chi connectivity index (χ0v) is 13.9. The maximum Gasteiger partial charge on any atom is 0.256 e. The summed E-state index contributed by atoms with van der Waals surface area (Å²) in [5.74, 6) is -0.247. The molecule has 0 aliphatic heterocycles. The van der Waals surface area contributed by atoms with Crippen LogP contribution in [-0.2, 0) is 0 Å². The van der Waals surface area contributed by atoms with Gasteiger partial charge in [0.2, 0.25) is 0 Å². The SMILES string of the molecule is N#Cc1cnn(-c2ccc3ccccc3n2)c1NC(=O)c1ccc(F)cc1. The van der Waals surface area contributed by atoms with E-state index in [9.17, 15) is 14.4 Å². The number of carbonyl (C=O) groups is 1. The third-order valence-corrected chi connectivity index (χ3v) is 4.03. The van der Waals surface area contributed by atoms with Crippen molar-refractivity contribution in [2.45, 2.75) is 0 Å². The molecule has 2 heterocycles. The molecule has 1 amide bonds. The highest BCUT2D eigenvalue weighted by atomic mass is 19.1. The van der Waals surface area contributed by atoms with Crippen molar-refractivity contribution in [1.29, 1.82) is 5.26 Å². The number of aromatic nitrogens is 3. The van der Waals surface area contributed by atoms with Gasteiger partial charge in [0.15, 0.2) is 11.6 Å². The van der Waals surface area contributed by atoms with Crippen LogP contribution in [0, 0.1) is 17.1 Å². The van der Waals surface area contributed by atoms with Gasteiger partial charge in [-0.1, -0.05) is 18.2 Å². The zero-order valence-electron chi connectivity index (χ0n) is 13.9. The Morgan fingerprint density at radius 3 is 2.63 bits per heavy atom. The van der Waals surface area contributed by atoms with E-state index < -0.39 is 11.7 Å². The molecule has 130 valence electrons. The molecule has 0 aliphatic rings.